The monoisotopic (exact) mass is 491 g/mol. The number of nitrogens with one attached hydrogen (secondary N) is 1. The topological polar surface area (TPSA) is 110 Å². The molecule has 1 N–H and O–H groups in total. The molecule has 0 aliphatic carbocycles. The van der Waals surface area contributed by atoms with Crippen molar-refractivity contribution in [2.75, 3.05) is 18.4 Å². The lowest BCUT2D eigenvalue weighted by Crippen LogP contribution is -2.41. The highest BCUT2D eigenvalue weighted by Gasteiger charge is 2.37. The Balaban J connectivity index is 1.66. The van der Waals surface area contributed by atoms with E-state index >= 15 is 0 Å². The molecule has 1 aliphatic rings. The Morgan fingerprint density at radius 1 is 1.12 bits per heavy atom. The van der Waals surface area contributed by atoms with E-state index in [0.29, 0.717) is 11.8 Å². The van der Waals surface area contributed by atoms with Gasteiger partial charge in [-0.1, -0.05) is 11.6 Å². The van der Waals surface area contributed by atoms with E-state index in [0.717, 1.165) is 16.4 Å². The zero-order valence-electron chi connectivity index (χ0n) is 16.3. The van der Waals surface area contributed by atoms with Gasteiger partial charge >= 0.3 is 6.18 Å². The number of benzene rings is 2. The Kier molecular flexibility index (Phi) is 6.77. The Morgan fingerprint density at radius 3 is 2.25 bits per heavy atom. The zero-order valence-corrected chi connectivity index (χ0v) is 17.9. The average Bonchev–Trinajstić information content (AvgIpc) is 2.73. The average molecular weight is 492 g/mol. The van der Waals surface area contributed by atoms with E-state index in [2.05, 4.69) is 5.32 Å². The molecule has 1 aliphatic heterocycles. The van der Waals surface area contributed by atoms with Gasteiger partial charge in [-0.15, -0.1) is 0 Å². The van der Waals surface area contributed by atoms with Crippen LogP contribution in [0.1, 0.15) is 18.4 Å². The number of amides is 1. The number of halogens is 4. The number of nitrogens with zero attached hydrogens (tertiary/aromatic N) is 2. The minimum Gasteiger partial charge on any atom is -0.326 e. The van der Waals surface area contributed by atoms with E-state index in [1.807, 2.05) is 0 Å². The number of nitro benzene ring substituents is 1. The second-order valence-electron chi connectivity index (χ2n) is 7.11. The molecule has 1 fully saturated rings. The normalized spacial score (nSPS) is 16.0. The van der Waals surface area contributed by atoms with Crippen LogP contribution in [0.25, 0.3) is 0 Å². The molecule has 8 nitrogen and oxygen atoms in total. The van der Waals surface area contributed by atoms with E-state index in [4.69, 9.17) is 11.6 Å². The van der Waals surface area contributed by atoms with Gasteiger partial charge in [0.1, 0.15) is 0 Å². The van der Waals surface area contributed by atoms with Crippen LogP contribution in [0.3, 0.4) is 0 Å². The summed E-state index contributed by atoms with van der Waals surface area (Å²) in [6.07, 6.45) is -4.47. The highest BCUT2D eigenvalue weighted by Crippen LogP contribution is 2.37. The van der Waals surface area contributed by atoms with Gasteiger partial charge in [0.05, 0.1) is 20.4 Å². The number of carbonyl (C=O) groups is 1. The predicted octanol–water partition coefficient (Wildman–Crippen LogP) is 4.31. The van der Waals surface area contributed by atoms with Gasteiger partial charge in [0.15, 0.2) is 0 Å². The molecule has 0 spiro atoms. The van der Waals surface area contributed by atoms with E-state index in [1.165, 1.54) is 24.3 Å². The maximum atomic E-state index is 13.1. The van der Waals surface area contributed by atoms with Crippen LogP contribution in [-0.2, 0) is 21.0 Å². The van der Waals surface area contributed by atoms with Crippen LogP contribution in [0.2, 0.25) is 5.02 Å². The number of carbonyl (C=O) groups excluding carboxylic acids is 1. The SMILES string of the molecule is O=C(Nc1ccc([N+](=O)[O-])cc1)C1CCN(S(=O)(=O)c2ccc(Cl)c(C(F)(F)F)c2)CC1. The fraction of sp³-hybridized carbons (Fsp3) is 0.316. The molecule has 0 unspecified atom stereocenters. The lowest BCUT2D eigenvalue weighted by molar-refractivity contribution is -0.384. The first-order valence-electron chi connectivity index (χ1n) is 9.32. The van der Waals surface area contributed by atoms with Crippen LogP contribution in [0.5, 0.6) is 0 Å². The Hall–Kier alpha value is -2.70. The minimum absolute atomic E-state index is 0.0509. The summed E-state index contributed by atoms with van der Waals surface area (Å²) in [6.45, 7) is -0.102. The molecule has 2 aromatic rings. The van der Waals surface area contributed by atoms with Crippen LogP contribution in [-0.4, -0.2) is 36.6 Å². The van der Waals surface area contributed by atoms with Crippen molar-refractivity contribution in [3.8, 4) is 0 Å². The summed E-state index contributed by atoms with van der Waals surface area (Å²) in [5.74, 6) is -0.894. The lowest BCUT2D eigenvalue weighted by atomic mass is 9.97. The Morgan fingerprint density at radius 2 is 1.72 bits per heavy atom. The molecule has 1 saturated heterocycles. The maximum absolute atomic E-state index is 13.1. The quantitative estimate of drug-likeness (QED) is 0.495. The summed E-state index contributed by atoms with van der Waals surface area (Å²) in [5.41, 5.74) is -1.01. The first kappa shape index (κ1) is 24.0. The Bertz CT molecular complexity index is 1130. The third-order valence-electron chi connectivity index (χ3n) is 5.05. The molecule has 13 heteroatoms. The van der Waals surface area contributed by atoms with Crippen molar-refractivity contribution in [1.29, 1.82) is 0 Å². The molecule has 0 saturated carbocycles. The summed E-state index contributed by atoms with van der Waals surface area (Å²) < 4.78 is 65.8. The van der Waals surface area contributed by atoms with Crippen molar-refractivity contribution in [3.05, 3.63) is 63.2 Å². The first-order valence-corrected chi connectivity index (χ1v) is 11.1. The van der Waals surface area contributed by atoms with Crippen molar-refractivity contribution in [2.24, 2.45) is 5.92 Å². The number of non-ortho nitro benzene ring substituents is 1. The summed E-state index contributed by atoms with van der Waals surface area (Å²) in [6, 6.07) is 7.66. The first-order chi connectivity index (χ1) is 14.9. The van der Waals surface area contributed by atoms with Crippen LogP contribution in [0.15, 0.2) is 47.4 Å². The zero-order chi connectivity index (χ0) is 23.7. The van der Waals surface area contributed by atoms with Crippen LogP contribution < -0.4 is 5.32 Å². The van der Waals surface area contributed by atoms with E-state index in [-0.39, 0.29) is 37.5 Å². The number of hydrogen-bond donors (Lipinski definition) is 1. The lowest BCUT2D eigenvalue weighted by Gasteiger charge is -2.30. The summed E-state index contributed by atoms with van der Waals surface area (Å²) >= 11 is 5.56. The molecule has 1 amide bonds. The molecular weight excluding hydrogens is 475 g/mol. The third-order valence-corrected chi connectivity index (χ3v) is 7.28. The second kappa shape index (κ2) is 9.04. The van der Waals surface area contributed by atoms with Crippen molar-refractivity contribution in [3.63, 3.8) is 0 Å². The number of alkyl halides is 3. The van der Waals surface area contributed by atoms with Crippen molar-refractivity contribution in [1.82, 2.24) is 4.31 Å². The molecule has 0 aromatic heterocycles. The highest BCUT2D eigenvalue weighted by molar-refractivity contribution is 7.89. The number of sulfonamides is 1. The molecular formula is C19H17ClF3N3O5S. The molecule has 172 valence electrons. The standard InChI is InChI=1S/C19H17ClF3N3O5S/c20-17-6-5-15(11-16(17)19(21,22)23)32(30,31)25-9-7-12(8-10-25)18(27)24-13-1-3-14(4-2-13)26(28)29/h1-6,11-12H,7-10H2,(H,24,27). The van der Waals surface area contributed by atoms with Gasteiger partial charge in [-0.25, -0.2) is 8.42 Å². The molecule has 0 bridgehead atoms. The minimum atomic E-state index is -4.80. The number of piperidine rings is 1. The van der Waals surface area contributed by atoms with Gasteiger partial charge in [0.25, 0.3) is 5.69 Å². The smallest absolute Gasteiger partial charge is 0.326 e. The van der Waals surface area contributed by atoms with Crippen molar-refractivity contribution >= 4 is 38.9 Å². The highest BCUT2D eigenvalue weighted by atomic mass is 35.5. The maximum Gasteiger partial charge on any atom is 0.417 e. The largest absolute Gasteiger partial charge is 0.417 e. The second-order valence-corrected chi connectivity index (χ2v) is 9.46. The van der Waals surface area contributed by atoms with Gasteiger partial charge in [-0.3, -0.25) is 14.9 Å². The van der Waals surface area contributed by atoms with Gasteiger partial charge in [-0.05, 0) is 43.2 Å². The van der Waals surface area contributed by atoms with Crippen molar-refractivity contribution in [2.45, 2.75) is 23.9 Å². The van der Waals surface area contributed by atoms with E-state index in [1.54, 1.807) is 0 Å². The molecule has 2 aromatic carbocycles. The number of anilines is 1. The number of nitro groups is 1. The summed E-state index contributed by atoms with van der Waals surface area (Å²) in [5, 5.41) is 12.7. The van der Waals surface area contributed by atoms with Crippen LogP contribution in [0.4, 0.5) is 24.5 Å². The fourth-order valence-electron chi connectivity index (χ4n) is 3.30. The van der Waals surface area contributed by atoms with Crippen molar-refractivity contribution < 1.29 is 31.3 Å². The van der Waals surface area contributed by atoms with Crippen LogP contribution >= 0.6 is 11.6 Å². The summed E-state index contributed by atoms with van der Waals surface area (Å²) in [4.78, 5) is 22.0. The third kappa shape index (κ3) is 5.19. The molecule has 1 heterocycles. The predicted molar refractivity (Wildman–Crippen MR) is 110 cm³/mol. The molecule has 3 rings (SSSR count). The van der Waals surface area contributed by atoms with E-state index < -0.39 is 42.5 Å². The van der Waals surface area contributed by atoms with Gasteiger partial charge in [-0.2, -0.15) is 17.5 Å². The van der Waals surface area contributed by atoms with Gasteiger partial charge < -0.3 is 5.32 Å². The van der Waals surface area contributed by atoms with Gasteiger partial charge in [0.2, 0.25) is 15.9 Å². The summed E-state index contributed by atoms with van der Waals surface area (Å²) in [7, 11) is -4.20. The number of rotatable bonds is 5. The Labute approximate surface area is 186 Å². The van der Waals surface area contributed by atoms with Crippen LogP contribution in [0, 0.1) is 16.0 Å². The molecule has 0 radical (unpaired) electrons. The fourth-order valence-corrected chi connectivity index (χ4v) is 5.02. The van der Waals surface area contributed by atoms with Gasteiger partial charge in [0, 0.05) is 36.8 Å². The molecule has 0 atom stereocenters. The van der Waals surface area contributed by atoms with E-state index in [9.17, 15) is 36.5 Å². The molecule has 32 heavy (non-hydrogen) atoms. The number of hydrogen-bond acceptors (Lipinski definition) is 5.